The Hall–Kier alpha value is -3.31. The van der Waals surface area contributed by atoms with E-state index in [1.54, 1.807) is 36.4 Å². The molecule has 0 aliphatic heterocycles. The molecule has 0 atom stereocenters. The van der Waals surface area contributed by atoms with Crippen LogP contribution in [0.5, 0.6) is 11.5 Å². The fourth-order valence-electron chi connectivity index (χ4n) is 2.49. The highest BCUT2D eigenvalue weighted by Crippen LogP contribution is 2.29. The molecule has 0 radical (unpaired) electrons. The number of nitrogens with one attached hydrogen (secondary N) is 2. The van der Waals surface area contributed by atoms with Gasteiger partial charge in [0.2, 0.25) is 11.8 Å². The summed E-state index contributed by atoms with van der Waals surface area (Å²) < 4.78 is 5.70. The van der Waals surface area contributed by atoms with Crippen LogP contribution in [0.2, 0.25) is 5.02 Å². The first kappa shape index (κ1) is 19.5. The molecule has 142 valence electrons. The zero-order valence-corrected chi connectivity index (χ0v) is 15.8. The monoisotopic (exact) mass is 394 g/mol. The van der Waals surface area contributed by atoms with E-state index >= 15 is 0 Å². The van der Waals surface area contributed by atoms with Gasteiger partial charge in [0, 0.05) is 5.69 Å². The first-order valence-electron chi connectivity index (χ1n) is 8.73. The molecule has 0 fully saturated rings. The Kier molecular flexibility index (Phi) is 6.65. The van der Waals surface area contributed by atoms with Gasteiger partial charge in [0.1, 0.15) is 11.5 Å². The molecule has 6 heteroatoms. The second-order valence-corrected chi connectivity index (χ2v) is 6.45. The number of carbonyl (C=O) groups excluding carboxylic acids is 2. The van der Waals surface area contributed by atoms with Gasteiger partial charge in [0.15, 0.2) is 0 Å². The van der Waals surface area contributed by atoms with Crippen molar-refractivity contribution in [3.05, 3.63) is 89.4 Å². The topological polar surface area (TPSA) is 67.4 Å². The van der Waals surface area contributed by atoms with Crippen molar-refractivity contribution in [2.24, 2.45) is 0 Å². The minimum absolute atomic E-state index is 0.0937. The minimum atomic E-state index is -0.304. The summed E-state index contributed by atoms with van der Waals surface area (Å²) in [5, 5.41) is 5.86. The second-order valence-electron chi connectivity index (χ2n) is 6.04. The molecular formula is C22H19ClN2O3. The van der Waals surface area contributed by atoms with Gasteiger partial charge in [-0.05, 0) is 42.0 Å². The molecule has 0 aromatic heterocycles. The van der Waals surface area contributed by atoms with Gasteiger partial charge < -0.3 is 15.4 Å². The molecule has 3 rings (SSSR count). The van der Waals surface area contributed by atoms with Gasteiger partial charge in [-0.15, -0.1) is 0 Å². The highest BCUT2D eigenvalue weighted by Gasteiger charge is 2.07. The van der Waals surface area contributed by atoms with Crippen LogP contribution in [0.1, 0.15) is 5.56 Å². The van der Waals surface area contributed by atoms with Crippen LogP contribution in [0.4, 0.5) is 5.69 Å². The molecule has 0 bridgehead atoms. The first-order chi connectivity index (χ1) is 13.6. The van der Waals surface area contributed by atoms with E-state index in [4.69, 9.17) is 16.3 Å². The third kappa shape index (κ3) is 5.86. The quantitative estimate of drug-likeness (QED) is 0.623. The van der Waals surface area contributed by atoms with E-state index in [9.17, 15) is 9.59 Å². The lowest BCUT2D eigenvalue weighted by Gasteiger charge is -2.09. The van der Waals surface area contributed by atoms with Gasteiger partial charge in [-0.25, -0.2) is 0 Å². The van der Waals surface area contributed by atoms with Crippen LogP contribution in [-0.2, 0) is 16.0 Å². The van der Waals surface area contributed by atoms with Crippen LogP contribution >= 0.6 is 11.6 Å². The maximum atomic E-state index is 12.0. The molecule has 0 heterocycles. The maximum Gasteiger partial charge on any atom is 0.243 e. The molecule has 5 nitrogen and oxygen atoms in total. The van der Waals surface area contributed by atoms with Crippen molar-refractivity contribution < 1.29 is 14.3 Å². The van der Waals surface area contributed by atoms with Crippen molar-refractivity contribution >= 4 is 29.1 Å². The van der Waals surface area contributed by atoms with E-state index in [1.807, 2.05) is 42.5 Å². The summed E-state index contributed by atoms with van der Waals surface area (Å²) in [6, 6.07) is 23.4. The van der Waals surface area contributed by atoms with Crippen LogP contribution in [0.3, 0.4) is 0 Å². The predicted octanol–water partition coefficient (Wildman–Crippen LogP) is 4.43. The summed E-state index contributed by atoms with van der Waals surface area (Å²) in [5.74, 6) is 0.648. The van der Waals surface area contributed by atoms with E-state index < -0.39 is 0 Å². The summed E-state index contributed by atoms with van der Waals surface area (Å²) in [6.45, 7) is -0.0937. The number of carbonyl (C=O) groups is 2. The summed E-state index contributed by atoms with van der Waals surface area (Å²) in [7, 11) is 0. The van der Waals surface area contributed by atoms with Crippen molar-refractivity contribution in [3.8, 4) is 11.5 Å². The fraction of sp³-hybridized carbons (Fsp3) is 0.0909. The van der Waals surface area contributed by atoms with Crippen LogP contribution < -0.4 is 15.4 Å². The van der Waals surface area contributed by atoms with E-state index in [0.29, 0.717) is 22.2 Å². The van der Waals surface area contributed by atoms with Gasteiger partial charge in [0.05, 0.1) is 18.0 Å². The Morgan fingerprint density at radius 3 is 2.21 bits per heavy atom. The average Bonchev–Trinajstić information content (AvgIpc) is 2.70. The Morgan fingerprint density at radius 1 is 0.821 bits per heavy atom. The fourth-order valence-corrected chi connectivity index (χ4v) is 2.66. The van der Waals surface area contributed by atoms with Crippen LogP contribution in [0, 0.1) is 0 Å². The highest BCUT2D eigenvalue weighted by atomic mass is 35.5. The van der Waals surface area contributed by atoms with Crippen LogP contribution in [0.25, 0.3) is 0 Å². The largest absolute Gasteiger partial charge is 0.456 e. The Bertz CT molecular complexity index is 944. The van der Waals surface area contributed by atoms with Gasteiger partial charge in [-0.3, -0.25) is 9.59 Å². The van der Waals surface area contributed by atoms with Crippen molar-refractivity contribution in [3.63, 3.8) is 0 Å². The van der Waals surface area contributed by atoms with E-state index in [0.717, 1.165) is 5.56 Å². The molecule has 3 aromatic rings. The number of hydrogen-bond donors (Lipinski definition) is 2. The van der Waals surface area contributed by atoms with Crippen molar-refractivity contribution in [1.82, 2.24) is 5.32 Å². The molecule has 2 amide bonds. The second kappa shape index (κ2) is 9.58. The van der Waals surface area contributed by atoms with Gasteiger partial charge in [-0.1, -0.05) is 54.1 Å². The number of hydrogen-bond acceptors (Lipinski definition) is 3. The molecule has 0 saturated carbocycles. The number of para-hydroxylation sites is 1. The lowest BCUT2D eigenvalue weighted by Crippen LogP contribution is -2.33. The van der Waals surface area contributed by atoms with Crippen molar-refractivity contribution in [2.75, 3.05) is 11.9 Å². The third-order valence-corrected chi connectivity index (χ3v) is 4.17. The van der Waals surface area contributed by atoms with Gasteiger partial charge >= 0.3 is 0 Å². The van der Waals surface area contributed by atoms with Gasteiger partial charge in [0.25, 0.3) is 0 Å². The summed E-state index contributed by atoms with van der Waals surface area (Å²) in [4.78, 5) is 23.9. The summed E-state index contributed by atoms with van der Waals surface area (Å²) in [6.07, 6.45) is 0.238. The molecule has 0 saturated heterocycles. The Balaban J connectivity index is 1.46. The summed E-state index contributed by atoms with van der Waals surface area (Å²) >= 11 is 6.07. The zero-order valence-electron chi connectivity index (χ0n) is 15.0. The minimum Gasteiger partial charge on any atom is -0.456 e. The zero-order chi connectivity index (χ0) is 19.8. The third-order valence-electron chi connectivity index (χ3n) is 3.86. The molecule has 0 unspecified atom stereocenters. The lowest BCUT2D eigenvalue weighted by molar-refractivity contribution is -0.123. The number of anilines is 1. The maximum absolute atomic E-state index is 12.0. The number of halogens is 1. The molecular weight excluding hydrogens is 376 g/mol. The SMILES string of the molecule is O=C(Cc1ccccc1)NCC(=O)Nc1ccc(Oc2ccccc2Cl)cc1. The van der Waals surface area contributed by atoms with Gasteiger partial charge in [-0.2, -0.15) is 0 Å². The van der Waals surface area contributed by atoms with E-state index in [1.165, 1.54) is 0 Å². The molecule has 0 spiro atoms. The number of ether oxygens (including phenoxy) is 1. The Morgan fingerprint density at radius 2 is 1.50 bits per heavy atom. The smallest absolute Gasteiger partial charge is 0.243 e. The molecule has 0 aliphatic carbocycles. The average molecular weight is 395 g/mol. The van der Waals surface area contributed by atoms with Crippen LogP contribution in [-0.4, -0.2) is 18.4 Å². The normalized spacial score (nSPS) is 10.2. The Labute approximate surface area is 168 Å². The standard InChI is InChI=1S/C22H19ClN2O3/c23-19-8-4-5-9-20(19)28-18-12-10-17(11-13-18)25-22(27)15-24-21(26)14-16-6-2-1-3-7-16/h1-13H,14-15H2,(H,24,26)(H,25,27). The van der Waals surface area contributed by atoms with Crippen molar-refractivity contribution in [2.45, 2.75) is 6.42 Å². The number of rotatable bonds is 7. The van der Waals surface area contributed by atoms with E-state index in [-0.39, 0.29) is 24.8 Å². The molecule has 28 heavy (non-hydrogen) atoms. The summed E-state index contributed by atoms with van der Waals surface area (Å²) in [5.41, 5.74) is 1.50. The number of benzene rings is 3. The molecule has 2 N–H and O–H groups in total. The van der Waals surface area contributed by atoms with Crippen molar-refractivity contribution in [1.29, 1.82) is 0 Å². The molecule has 0 aliphatic rings. The first-order valence-corrected chi connectivity index (χ1v) is 9.11. The predicted molar refractivity (Wildman–Crippen MR) is 110 cm³/mol. The van der Waals surface area contributed by atoms with E-state index in [2.05, 4.69) is 10.6 Å². The van der Waals surface area contributed by atoms with Crippen LogP contribution in [0.15, 0.2) is 78.9 Å². The number of amides is 2. The molecule has 3 aromatic carbocycles. The lowest BCUT2D eigenvalue weighted by atomic mass is 10.1. The highest BCUT2D eigenvalue weighted by molar-refractivity contribution is 6.32.